The molecule has 0 saturated carbocycles. The molecule has 0 aliphatic carbocycles. The second kappa shape index (κ2) is 18.3. The Labute approximate surface area is 343 Å². The van der Waals surface area contributed by atoms with Crippen LogP contribution < -0.4 is 20.4 Å². The van der Waals surface area contributed by atoms with E-state index in [2.05, 4.69) is 10.6 Å². The highest BCUT2D eigenvalue weighted by Crippen LogP contribution is 2.41. The Morgan fingerprint density at radius 1 is 0.452 bits per heavy atom. The van der Waals surface area contributed by atoms with Gasteiger partial charge in [-0.1, -0.05) is 18.2 Å². The number of rotatable bonds is 8. The topological polar surface area (TPSA) is 64.7 Å². The molecule has 0 spiro atoms. The first kappa shape index (κ1) is 46.0. The van der Waals surface area contributed by atoms with E-state index in [0.717, 1.165) is 90.6 Å². The number of aryl methyl sites for hydroxylation is 1. The Bertz CT molecular complexity index is 2610. The standard InChI is InChI=1S/C22H16F6N2O.C21H13F7N2O/c1-12-4-3-5-16(24)20(12)21(31)29-14-7-9-18(17(25)11-14)30(2)19-10-13(23)6-8-15(19)22(26,27)28;1-30(17-7-5-11(22)9-13(17)21(26,27)28)18-8-6-12(10-16(18)25)29-20(31)19-14(23)3-2-4-15(19)24/h3-11H,1-2H3,(H,29,31);2-10H,1H3,(H,29,31). The van der Waals surface area contributed by atoms with Gasteiger partial charge in [-0.05, 0) is 103 Å². The molecule has 0 aliphatic rings. The van der Waals surface area contributed by atoms with Crippen molar-refractivity contribution in [2.75, 3.05) is 34.5 Å². The molecular weight excluding hydrogens is 851 g/mol. The van der Waals surface area contributed by atoms with E-state index < -0.39 is 93.0 Å². The van der Waals surface area contributed by atoms with Gasteiger partial charge in [0, 0.05) is 25.5 Å². The average Bonchev–Trinajstić information content (AvgIpc) is 3.17. The largest absolute Gasteiger partial charge is 0.418 e. The molecule has 2 N–H and O–H groups in total. The molecule has 6 aromatic rings. The average molecular weight is 881 g/mol. The Morgan fingerprint density at radius 2 is 0.871 bits per heavy atom. The summed E-state index contributed by atoms with van der Waals surface area (Å²) in [7, 11) is 2.30. The van der Waals surface area contributed by atoms with E-state index in [0.29, 0.717) is 29.8 Å². The smallest absolute Gasteiger partial charge is 0.342 e. The van der Waals surface area contributed by atoms with Crippen molar-refractivity contribution in [3.05, 3.63) is 178 Å². The van der Waals surface area contributed by atoms with Gasteiger partial charge in [0.15, 0.2) is 0 Å². The fourth-order valence-electron chi connectivity index (χ4n) is 6.04. The Morgan fingerprint density at radius 3 is 1.35 bits per heavy atom. The number of alkyl halides is 6. The van der Waals surface area contributed by atoms with Gasteiger partial charge in [-0.3, -0.25) is 9.59 Å². The van der Waals surface area contributed by atoms with Crippen molar-refractivity contribution < 1.29 is 66.7 Å². The number of hydrogen-bond donors (Lipinski definition) is 2. The monoisotopic (exact) mass is 880 g/mol. The lowest BCUT2D eigenvalue weighted by Gasteiger charge is -2.24. The van der Waals surface area contributed by atoms with Gasteiger partial charge < -0.3 is 20.4 Å². The second-order valence-electron chi connectivity index (χ2n) is 13.2. The van der Waals surface area contributed by atoms with Crippen molar-refractivity contribution in [3.8, 4) is 0 Å². The molecule has 0 saturated heterocycles. The summed E-state index contributed by atoms with van der Waals surface area (Å²) in [5.74, 6) is -9.00. The van der Waals surface area contributed by atoms with Crippen molar-refractivity contribution in [2.45, 2.75) is 19.3 Å². The molecule has 0 unspecified atom stereocenters. The normalized spacial score (nSPS) is 11.4. The van der Waals surface area contributed by atoms with E-state index in [4.69, 9.17) is 0 Å². The number of anilines is 6. The van der Waals surface area contributed by atoms with Crippen LogP contribution in [0.1, 0.15) is 37.4 Å². The molecule has 0 atom stereocenters. The lowest BCUT2D eigenvalue weighted by atomic mass is 10.1. The molecule has 6 nitrogen and oxygen atoms in total. The molecular formula is C43H29F13N4O2. The Balaban J connectivity index is 0.000000234. The highest BCUT2D eigenvalue weighted by Gasteiger charge is 2.36. The number of nitrogens with zero attached hydrogens (tertiary/aromatic N) is 2. The van der Waals surface area contributed by atoms with Crippen LogP contribution in [0.4, 0.5) is 91.2 Å². The summed E-state index contributed by atoms with van der Waals surface area (Å²) in [6.45, 7) is 1.54. The van der Waals surface area contributed by atoms with Gasteiger partial charge in [-0.2, -0.15) is 26.3 Å². The minimum absolute atomic E-state index is 0.0300. The Kier molecular flexibility index (Phi) is 13.6. The minimum Gasteiger partial charge on any atom is -0.342 e. The van der Waals surface area contributed by atoms with Crippen LogP contribution in [0.15, 0.2) is 109 Å². The molecule has 19 heteroatoms. The quantitative estimate of drug-likeness (QED) is 0.150. The molecule has 2 amide bonds. The summed E-state index contributed by atoms with van der Waals surface area (Å²) in [4.78, 5) is 26.2. The van der Waals surface area contributed by atoms with Crippen LogP contribution in [0, 0.1) is 47.6 Å². The van der Waals surface area contributed by atoms with Crippen LogP contribution in [0.25, 0.3) is 0 Å². The summed E-state index contributed by atoms with van der Waals surface area (Å²) in [6.07, 6.45) is -9.67. The molecule has 0 aliphatic heterocycles. The van der Waals surface area contributed by atoms with Crippen LogP contribution in [0.2, 0.25) is 0 Å². The van der Waals surface area contributed by atoms with Gasteiger partial charge >= 0.3 is 12.4 Å². The first-order chi connectivity index (χ1) is 29.0. The molecule has 62 heavy (non-hydrogen) atoms. The zero-order chi connectivity index (χ0) is 45.8. The van der Waals surface area contributed by atoms with Gasteiger partial charge in [0.1, 0.15) is 46.3 Å². The molecule has 0 aromatic heterocycles. The first-order valence-corrected chi connectivity index (χ1v) is 17.6. The minimum atomic E-state index is -4.89. The van der Waals surface area contributed by atoms with E-state index in [-0.39, 0.29) is 28.3 Å². The van der Waals surface area contributed by atoms with Crippen LogP contribution in [0.5, 0.6) is 0 Å². The number of carbonyl (C=O) groups excluding carboxylic acids is 2. The summed E-state index contributed by atoms with van der Waals surface area (Å²) in [5.41, 5.74) is -5.03. The number of halogens is 13. The third-order valence-electron chi connectivity index (χ3n) is 9.02. The van der Waals surface area contributed by atoms with Gasteiger partial charge in [0.2, 0.25) is 0 Å². The van der Waals surface area contributed by atoms with Crippen molar-refractivity contribution >= 4 is 45.9 Å². The van der Waals surface area contributed by atoms with Crippen molar-refractivity contribution in [2.24, 2.45) is 0 Å². The maximum atomic E-state index is 14.7. The van der Waals surface area contributed by atoms with Crippen molar-refractivity contribution in [3.63, 3.8) is 0 Å². The summed E-state index contributed by atoms with van der Waals surface area (Å²) in [6, 6.07) is 17.0. The summed E-state index contributed by atoms with van der Waals surface area (Å²) in [5, 5.41) is 4.48. The second-order valence-corrected chi connectivity index (χ2v) is 13.2. The molecule has 6 rings (SSSR count). The van der Waals surface area contributed by atoms with Crippen LogP contribution in [-0.2, 0) is 12.4 Å². The van der Waals surface area contributed by atoms with Gasteiger partial charge in [-0.15, -0.1) is 0 Å². The molecule has 0 fully saturated rings. The fourth-order valence-corrected chi connectivity index (χ4v) is 6.04. The first-order valence-electron chi connectivity index (χ1n) is 17.6. The van der Waals surface area contributed by atoms with Crippen LogP contribution in [-0.4, -0.2) is 25.9 Å². The predicted molar refractivity (Wildman–Crippen MR) is 205 cm³/mol. The van der Waals surface area contributed by atoms with E-state index >= 15 is 0 Å². The number of amides is 2. The predicted octanol–water partition coefficient (Wildman–Crippen LogP) is 12.7. The zero-order valence-corrected chi connectivity index (χ0v) is 32.0. The van der Waals surface area contributed by atoms with Gasteiger partial charge in [0.05, 0.1) is 39.4 Å². The number of nitrogens with one attached hydrogen (secondary N) is 2. The highest BCUT2D eigenvalue weighted by molar-refractivity contribution is 6.06. The van der Waals surface area contributed by atoms with Gasteiger partial charge in [0.25, 0.3) is 11.8 Å². The van der Waals surface area contributed by atoms with E-state index in [9.17, 15) is 66.7 Å². The van der Waals surface area contributed by atoms with Crippen LogP contribution >= 0.6 is 0 Å². The lowest BCUT2D eigenvalue weighted by molar-refractivity contribution is -0.138. The third kappa shape index (κ3) is 10.4. The maximum Gasteiger partial charge on any atom is 0.418 e. The SMILES string of the molecule is CN(c1ccc(NC(=O)c2c(F)cccc2F)cc1F)c1ccc(F)cc1C(F)(F)F.Cc1cccc(F)c1C(=O)Nc1ccc(N(C)c2cc(F)ccc2C(F)(F)F)c(F)c1. The number of benzene rings is 6. The summed E-state index contributed by atoms with van der Waals surface area (Å²) < 4.78 is 177. The Hall–Kier alpha value is -7.05. The number of carbonyl (C=O) groups is 2. The number of hydrogen-bond acceptors (Lipinski definition) is 4. The third-order valence-corrected chi connectivity index (χ3v) is 9.02. The van der Waals surface area contributed by atoms with E-state index in [1.165, 1.54) is 25.1 Å². The van der Waals surface area contributed by atoms with Crippen molar-refractivity contribution in [1.82, 2.24) is 0 Å². The summed E-state index contributed by atoms with van der Waals surface area (Å²) >= 11 is 0. The van der Waals surface area contributed by atoms with E-state index in [1.807, 2.05) is 0 Å². The molecule has 324 valence electrons. The zero-order valence-electron chi connectivity index (χ0n) is 32.0. The van der Waals surface area contributed by atoms with E-state index in [1.54, 1.807) is 0 Å². The molecule has 0 radical (unpaired) electrons. The maximum absolute atomic E-state index is 14.7. The van der Waals surface area contributed by atoms with Gasteiger partial charge in [-0.25, -0.2) is 30.7 Å². The lowest BCUT2D eigenvalue weighted by Crippen LogP contribution is -2.19. The highest BCUT2D eigenvalue weighted by atomic mass is 19.4. The fraction of sp³-hybridized carbons (Fsp3) is 0.116. The van der Waals surface area contributed by atoms with Crippen molar-refractivity contribution in [1.29, 1.82) is 0 Å². The molecule has 0 heterocycles. The molecule has 6 aromatic carbocycles. The molecule has 0 bridgehead atoms. The van der Waals surface area contributed by atoms with Crippen LogP contribution in [0.3, 0.4) is 0 Å².